The monoisotopic (exact) mass is 412 g/mol. The molecular weight excluding hydrogens is 398 g/mol. The lowest BCUT2D eigenvalue weighted by Crippen LogP contribution is -2.22. The van der Waals surface area contributed by atoms with Crippen molar-refractivity contribution in [2.24, 2.45) is 0 Å². The second-order valence-corrected chi connectivity index (χ2v) is 7.21. The Bertz CT molecular complexity index is 1200. The van der Waals surface area contributed by atoms with Crippen LogP contribution in [0.1, 0.15) is 25.6 Å². The number of aromatic nitrogens is 2. The number of rotatable bonds is 5. The van der Waals surface area contributed by atoms with Gasteiger partial charge in [-0.3, -0.25) is 14.7 Å². The van der Waals surface area contributed by atoms with Gasteiger partial charge in [-0.15, -0.1) is 11.3 Å². The first-order chi connectivity index (χ1) is 14.0. The number of hydrogen-bond donors (Lipinski definition) is 3. The van der Waals surface area contributed by atoms with E-state index < -0.39 is 17.5 Å². The minimum atomic E-state index is -0.976. The van der Waals surface area contributed by atoms with Crippen molar-refractivity contribution in [1.82, 2.24) is 15.5 Å². The van der Waals surface area contributed by atoms with Gasteiger partial charge in [0, 0.05) is 21.9 Å². The predicted molar refractivity (Wildman–Crippen MR) is 106 cm³/mol. The van der Waals surface area contributed by atoms with Crippen LogP contribution < -0.4 is 10.6 Å². The molecule has 0 fully saturated rings. The number of anilines is 1. The zero-order chi connectivity index (χ0) is 20.4. The number of nitrogens with one attached hydrogen (secondary N) is 3. The molecule has 0 atom stereocenters. The molecule has 146 valence electrons. The van der Waals surface area contributed by atoms with Crippen molar-refractivity contribution in [2.45, 2.75) is 6.54 Å². The molecule has 0 radical (unpaired) electrons. The highest BCUT2D eigenvalue weighted by molar-refractivity contribution is 7.09. The van der Waals surface area contributed by atoms with Crippen molar-refractivity contribution in [3.05, 3.63) is 81.5 Å². The summed E-state index contributed by atoms with van der Waals surface area (Å²) in [7, 11) is 0. The minimum absolute atomic E-state index is 0.140. The highest BCUT2D eigenvalue weighted by Gasteiger charge is 2.17. The normalized spacial score (nSPS) is 10.8. The smallest absolute Gasteiger partial charge is 0.259 e. The fraction of sp³-hybridized carbons (Fsp3) is 0.0500. The van der Waals surface area contributed by atoms with Crippen LogP contribution in [0.15, 0.2) is 53.9 Å². The lowest BCUT2D eigenvalue weighted by molar-refractivity contribution is 0.0950. The topological polar surface area (TPSA) is 86.9 Å². The SMILES string of the molecule is O=C(NCc1cccs1)c1ccc2[nH]nc(NC(=O)c3ccc(F)cc3F)c2c1. The van der Waals surface area contributed by atoms with Gasteiger partial charge in [-0.05, 0) is 41.8 Å². The molecule has 2 aromatic heterocycles. The quantitative estimate of drug-likeness (QED) is 0.462. The number of nitrogens with zero attached hydrogens (tertiary/aromatic N) is 1. The third kappa shape index (κ3) is 3.99. The Morgan fingerprint density at radius 3 is 2.69 bits per heavy atom. The van der Waals surface area contributed by atoms with Gasteiger partial charge in [0.1, 0.15) is 11.6 Å². The maximum Gasteiger partial charge on any atom is 0.259 e. The molecule has 2 amide bonds. The highest BCUT2D eigenvalue weighted by atomic mass is 32.1. The number of carbonyl (C=O) groups excluding carboxylic acids is 2. The maximum atomic E-state index is 13.8. The van der Waals surface area contributed by atoms with E-state index in [0.717, 1.165) is 17.0 Å². The summed E-state index contributed by atoms with van der Waals surface area (Å²) in [6.07, 6.45) is 0. The minimum Gasteiger partial charge on any atom is -0.347 e. The number of thiophene rings is 1. The van der Waals surface area contributed by atoms with Crippen LogP contribution in [0.4, 0.5) is 14.6 Å². The van der Waals surface area contributed by atoms with Crippen LogP contribution in [0, 0.1) is 11.6 Å². The molecule has 0 bridgehead atoms. The van der Waals surface area contributed by atoms with E-state index in [1.54, 1.807) is 29.5 Å². The van der Waals surface area contributed by atoms with Gasteiger partial charge in [-0.25, -0.2) is 8.78 Å². The molecule has 0 saturated carbocycles. The van der Waals surface area contributed by atoms with Crippen LogP contribution in [0.2, 0.25) is 0 Å². The summed E-state index contributed by atoms with van der Waals surface area (Å²) in [4.78, 5) is 25.8. The van der Waals surface area contributed by atoms with E-state index in [4.69, 9.17) is 0 Å². The van der Waals surface area contributed by atoms with E-state index in [1.165, 1.54) is 0 Å². The largest absolute Gasteiger partial charge is 0.347 e. The standard InChI is InChI=1S/C20H14F2N4O2S/c21-12-4-5-14(16(22)9-12)20(28)24-18-15-8-11(3-6-17(15)25-26-18)19(27)23-10-13-2-1-7-29-13/h1-9H,10H2,(H,23,27)(H2,24,25,26,28). The number of carbonyl (C=O) groups is 2. The number of hydrogen-bond acceptors (Lipinski definition) is 4. The molecule has 4 aromatic rings. The fourth-order valence-electron chi connectivity index (χ4n) is 2.78. The number of fused-ring (bicyclic) bond motifs is 1. The van der Waals surface area contributed by atoms with Gasteiger partial charge in [0.2, 0.25) is 0 Å². The van der Waals surface area contributed by atoms with Crippen molar-refractivity contribution in [1.29, 1.82) is 0 Å². The molecule has 29 heavy (non-hydrogen) atoms. The van der Waals surface area contributed by atoms with E-state index >= 15 is 0 Å². The van der Waals surface area contributed by atoms with Gasteiger partial charge < -0.3 is 10.6 Å². The molecule has 3 N–H and O–H groups in total. The first-order valence-corrected chi connectivity index (χ1v) is 9.44. The summed E-state index contributed by atoms with van der Waals surface area (Å²) < 4.78 is 26.9. The van der Waals surface area contributed by atoms with Crippen LogP contribution in [-0.2, 0) is 6.54 Å². The second kappa shape index (κ2) is 7.80. The summed E-state index contributed by atoms with van der Waals surface area (Å²) in [5.41, 5.74) is 0.668. The Morgan fingerprint density at radius 2 is 1.93 bits per heavy atom. The molecule has 0 aliphatic carbocycles. The Labute approximate surface area is 167 Å². The Balaban J connectivity index is 1.55. The molecule has 4 rings (SSSR count). The van der Waals surface area contributed by atoms with E-state index in [-0.39, 0.29) is 17.3 Å². The lowest BCUT2D eigenvalue weighted by atomic mass is 10.1. The van der Waals surface area contributed by atoms with Gasteiger partial charge in [-0.2, -0.15) is 5.10 Å². The van der Waals surface area contributed by atoms with Crippen LogP contribution in [0.3, 0.4) is 0 Å². The van der Waals surface area contributed by atoms with Crippen molar-refractivity contribution in [3.63, 3.8) is 0 Å². The summed E-state index contributed by atoms with van der Waals surface area (Å²) >= 11 is 1.54. The summed E-state index contributed by atoms with van der Waals surface area (Å²) in [6.45, 7) is 0.410. The molecule has 0 saturated heterocycles. The summed E-state index contributed by atoms with van der Waals surface area (Å²) in [6, 6.07) is 11.4. The van der Waals surface area contributed by atoms with Gasteiger partial charge in [0.05, 0.1) is 17.6 Å². The number of amides is 2. The van der Waals surface area contributed by atoms with Crippen LogP contribution >= 0.6 is 11.3 Å². The van der Waals surface area contributed by atoms with Crippen LogP contribution in [0.5, 0.6) is 0 Å². The van der Waals surface area contributed by atoms with Crippen LogP contribution in [-0.4, -0.2) is 22.0 Å². The van der Waals surface area contributed by atoms with E-state index in [1.807, 2.05) is 17.5 Å². The van der Waals surface area contributed by atoms with Crippen molar-refractivity contribution >= 4 is 39.9 Å². The average molecular weight is 412 g/mol. The van der Waals surface area contributed by atoms with Crippen LogP contribution in [0.25, 0.3) is 10.9 Å². The zero-order valence-electron chi connectivity index (χ0n) is 14.8. The first kappa shape index (κ1) is 18.8. The molecule has 0 aliphatic rings. The van der Waals surface area contributed by atoms with E-state index in [0.29, 0.717) is 29.1 Å². The molecule has 0 unspecified atom stereocenters. The second-order valence-electron chi connectivity index (χ2n) is 6.17. The maximum absolute atomic E-state index is 13.8. The third-order valence-electron chi connectivity index (χ3n) is 4.24. The first-order valence-electron chi connectivity index (χ1n) is 8.56. The molecule has 6 nitrogen and oxygen atoms in total. The molecule has 9 heteroatoms. The van der Waals surface area contributed by atoms with Gasteiger partial charge in [0.25, 0.3) is 11.8 Å². The van der Waals surface area contributed by atoms with Crippen molar-refractivity contribution in [2.75, 3.05) is 5.32 Å². The van der Waals surface area contributed by atoms with Crippen molar-refractivity contribution in [3.8, 4) is 0 Å². The Morgan fingerprint density at radius 1 is 1.07 bits per heavy atom. The lowest BCUT2D eigenvalue weighted by Gasteiger charge is -2.06. The van der Waals surface area contributed by atoms with Crippen molar-refractivity contribution < 1.29 is 18.4 Å². The Kier molecular flexibility index (Phi) is 5.05. The number of H-pyrrole nitrogens is 1. The number of aromatic amines is 1. The average Bonchev–Trinajstić information content (AvgIpc) is 3.36. The van der Waals surface area contributed by atoms with E-state index in [9.17, 15) is 18.4 Å². The summed E-state index contributed by atoms with van der Waals surface area (Å²) in [5, 5.41) is 14.5. The Hall–Kier alpha value is -3.59. The third-order valence-corrected chi connectivity index (χ3v) is 5.11. The molecule has 2 aromatic carbocycles. The molecule has 0 spiro atoms. The molecular formula is C20H14F2N4O2S. The zero-order valence-corrected chi connectivity index (χ0v) is 15.6. The summed E-state index contributed by atoms with van der Waals surface area (Å²) in [5.74, 6) is -2.66. The number of benzene rings is 2. The van der Waals surface area contributed by atoms with Gasteiger partial charge in [0.15, 0.2) is 5.82 Å². The van der Waals surface area contributed by atoms with Gasteiger partial charge in [-0.1, -0.05) is 6.07 Å². The number of halogens is 2. The molecule has 0 aliphatic heterocycles. The molecule has 2 heterocycles. The fourth-order valence-corrected chi connectivity index (χ4v) is 3.43. The van der Waals surface area contributed by atoms with Gasteiger partial charge >= 0.3 is 0 Å². The highest BCUT2D eigenvalue weighted by Crippen LogP contribution is 2.23. The predicted octanol–water partition coefficient (Wildman–Crippen LogP) is 4.08. The van der Waals surface area contributed by atoms with E-state index in [2.05, 4.69) is 20.8 Å².